The summed E-state index contributed by atoms with van der Waals surface area (Å²) < 4.78 is 50.8. The van der Waals surface area contributed by atoms with Gasteiger partial charge in [0.1, 0.15) is 0 Å². The van der Waals surface area contributed by atoms with Crippen LogP contribution in [0.1, 0.15) is 44.9 Å². The van der Waals surface area contributed by atoms with Crippen LogP contribution in [0.2, 0.25) is 0 Å². The third-order valence-corrected chi connectivity index (χ3v) is 10.6. The third kappa shape index (κ3) is 5.52. The number of likely N-dealkylation sites (tertiary alicyclic amines) is 1. The third-order valence-electron chi connectivity index (χ3n) is 6.95. The largest absolute Gasteiger partial charge is 0.326 e. The molecule has 3 aliphatic rings. The molecule has 1 aromatic rings. The molecule has 1 aromatic carbocycles. The number of nitrogens with zero attached hydrogens (tertiary/aromatic N) is 2. The van der Waals surface area contributed by atoms with Crippen LogP contribution < -0.4 is 5.32 Å². The number of hydrogen-bond acceptors (Lipinski definition) is 6. The van der Waals surface area contributed by atoms with Gasteiger partial charge in [-0.05, 0) is 69.5 Å². The smallest absolute Gasteiger partial charge is 0.243 e. The van der Waals surface area contributed by atoms with Gasteiger partial charge in [0.15, 0.2) is 9.84 Å². The van der Waals surface area contributed by atoms with Gasteiger partial charge in [0, 0.05) is 30.7 Å². The van der Waals surface area contributed by atoms with Gasteiger partial charge >= 0.3 is 0 Å². The molecule has 1 N–H and O–H groups in total. The van der Waals surface area contributed by atoms with E-state index in [0.29, 0.717) is 38.0 Å². The van der Waals surface area contributed by atoms with Crippen molar-refractivity contribution in [1.82, 2.24) is 9.21 Å². The Balaban J connectivity index is 1.30. The fourth-order valence-corrected chi connectivity index (χ4v) is 8.25. The molecule has 0 aromatic heterocycles. The zero-order valence-electron chi connectivity index (χ0n) is 18.4. The molecule has 32 heavy (non-hydrogen) atoms. The number of sulfone groups is 1. The van der Waals surface area contributed by atoms with Crippen LogP contribution in [0.25, 0.3) is 0 Å². The second-order valence-corrected chi connectivity index (χ2v) is 13.4. The van der Waals surface area contributed by atoms with Crippen molar-refractivity contribution in [2.24, 2.45) is 5.92 Å². The zero-order valence-corrected chi connectivity index (χ0v) is 20.0. The molecule has 3 saturated heterocycles. The molecule has 1 amide bonds. The highest BCUT2D eigenvalue weighted by Crippen LogP contribution is 2.26. The minimum absolute atomic E-state index is 0.0631. The van der Waals surface area contributed by atoms with E-state index in [1.54, 1.807) is 28.6 Å². The van der Waals surface area contributed by atoms with Crippen molar-refractivity contribution in [3.63, 3.8) is 0 Å². The maximum atomic E-state index is 12.9. The number of anilines is 1. The number of hydrogen-bond donors (Lipinski definition) is 1. The average Bonchev–Trinajstić information content (AvgIpc) is 2.96. The van der Waals surface area contributed by atoms with E-state index in [9.17, 15) is 21.6 Å². The summed E-state index contributed by atoms with van der Waals surface area (Å²) >= 11 is 0. The first-order chi connectivity index (χ1) is 15.2. The first-order valence-corrected chi connectivity index (χ1v) is 14.9. The molecule has 4 rings (SSSR count). The van der Waals surface area contributed by atoms with Crippen molar-refractivity contribution in [2.75, 3.05) is 43.0 Å². The number of piperidine rings is 1. The van der Waals surface area contributed by atoms with Crippen LogP contribution in [-0.4, -0.2) is 75.7 Å². The van der Waals surface area contributed by atoms with Gasteiger partial charge in [0.05, 0.1) is 16.4 Å². The fraction of sp³-hybridized carbons (Fsp3) is 0.682. The molecule has 0 radical (unpaired) electrons. The van der Waals surface area contributed by atoms with Crippen LogP contribution in [0.4, 0.5) is 5.69 Å². The van der Waals surface area contributed by atoms with Gasteiger partial charge < -0.3 is 5.32 Å². The quantitative estimate of drug-likeness (QED) is 0.688. The van der Waals surface area contributed by atoms with E-state index in [1.165, 1.54) is 0 Å². The van der Waals surface area contributed by atoms with Gasteiger partial charge in [-0.15, -0.1) is 0 Å². The van der Waals surface area contributed by atoms with E-state index in [-0.39, 0.29) is 34.3 Å². The minimum Gasteiger partial charge on any atom is -0.326 e. The highest BCUT2D eigenvalue weighted by Gasteiger charge is 2.35. The normalized spacial score (nSPS) is 25.9. The lowest BCUT2D eigenvalue weighted by Crippen LogP contribution is -2.44. The number of sulfonamides is 1. The van der Waals surface area contributed by atoms with Crippen LogP contribution in [0.5, 0.6) is 0 Å². The minimum atomic E-state index is -3.50. The van der Waals surface area contributed by atoms with Gasteiger partial charge in [0.2, 0.25) is 15.9 Å². The molecule has 3 heterocycles. The lowest BCUT2D eigenvalue weighted by molar-refractivity contribution is -0.121. The Bertz CT molecular complexity index is 1010. The summed E-state index contributed by atoms with van der Waals surface area (Å²) in [6.45, 7) is 2.58. The number of rotatable bonds is 5. The molecule has 3 aliphatic heterocycles. The van der Waals surface area contributed by atoms with Crippen molar-refractivity contribution in [3.05, 3.63) is 24.3 Å². The van der Waals surface area contributed by atoms with E-state index < -0.39 is 19.9 Å². The first-order valence-electron chi connectivity index (χ1n) is 11.6. The Kier molecular flexibility index (Phi) is 7.24. The Morgan fingerprint density at radius 2 is 1.53 bits per heavy atom. The molecule has 0 aliphatic carbocycles. The second kappa shape index (κ2) is 9.79. The number of benzene rings is 1. The number of carbonyl (C=O) groups excluding carboxylic acids is 1. The monoisotopic (exact) mass is 483 g/mol. The Hall–Kier alpha value is -1.49. The van der Waals surface area contributed by atoms with Crippen LogP contribution in [0.3, 0.4) is 0 Å². The van der Waals surface area contributed by atoms with Crippen LogP contribution >= 0.6 is 0 Å². The SMILES string of the molecule is O=C(Nc1ccc(S(=O)(=O)N2CCCCCC2)cc1)C1CCN(C2CCS(=O)(=O)C2)CC1. The Labute approximate surface area is 191 Å². The Morgan fingerprint density at radius 1 is 0.906 bits per heavy atom. The highest BCUT2D eigenvalue weighted by molar-refractivity contribution is 7.91. The maximum Gasteiger partial charge on any atom is 0.243 e. The number of nitrogens with one attached hydrogen (secondary N) is 1. The lowest BCUT2D eigenvalue weighted by Gasteiger charge is -2.34. The van der Waals surface area contributed by atoms with E-state index in [2.05, 4.69) is 10.2 Å². The van der Waals surface area contributed by atoms with Crippen molar-refractivity contribution in [3.8, 4) is 0 Å². The van der Waals surface area contributed by atoms with E-state index in [1.807, 2.05) is 0 Å². The fourth-order valence-electron chi connectivity index (χ4n) is 4.98. The summed E-state index contributed by atoms with van der Waals surface area (Å²) in [5.74, 6) is 0.314. The highest BCUT2D eigenvalue weighted by atomic mass is 32.2. The summed E-state index contributed by atoms with van der Waals surface area (Å²) in [5.41, 5.74) is 0.592. The zero-order chi connectivity index (χ0) is 22.8. The van der Waals surface area contributed by atoms with Gasteiger partial charge in [-0.3, -0.25) is 9.69 Å². The predicted molar refractivity (Wildman–Crippen MR) is 124 cm³/mol. The average molecular weight is 484 g/mol. The standard InChI is InChI=1S/C22H33N3O5S2/c26-22(18-9-14-24(15-10-18)20-11-16-31(27,28)17-20)23-19-5-7-21(8-6-19)32(29,30)25-12-3-1-2-4-13-25/h5-8,18,20H,1-4,9-17H2,(H,23,26). The van der Waals surface area contributed by atoms with E-state index in [4.69, 9.17) is 0 Å². The molecule has 0 saturated carbocycles. The van der Waals surface area contributed by atoms with Crippen molar-refractivity contribution < 1.29 is 21.6 Å². The Morgan fingerprint density at radius 3 is 2.09 bits per heavy atom. The number of amides is 1. The van der Waals surface area contributed by atoms with E-state index >= 15 is 0 Å². The van der Waals surface area contributed by atoms with Gasteiger partial charge in [-0.2, -0.15) is 4.31 Å². The van der Waals surface area contributed by atoms with Crippen LogP contribution in [0.15, 0.2) is 29.2 Å². The molecular formula is C22H33N3O5S2. The topological polar surface area (TPSA) is 104 Å². The number of carbonyl (C=O) groups is 1. The van der Waals surface area contributed by atoms with Crippen molar-refractivity contribution in [1.29, 1.82) is 0 Å². The van der Waals surface area contributed by atoms with Crippen LogP contribution in [-0.2, 0) is 24.7 Å². The molecule has 178 valence electrons. The summed E-state index contributed by atoms with van der Waals surface area (Å²) in [6.07, 6.45) is 6.00. The molecule has 0 spiro atoms. The molecule has 3 fully saturated rings. The van der Waals surface area contributed by atoms with Crippen molar-refractivity contribution >= 4 is 31.5 Å². The van der Waals surface area contributed by atoms with Gasteiger partial charge in [-0.25, -0.2) is 16.8 Å². The lowest BCUT2D eigenvalue weighted by atomic mass is 9.94. The summed E-state index contributed by atoms with van der Waals surface area (Å²) in [6, 6.07) is 6.53. The molecule has 1 unspecified atom stereocenters. The van der Waals surface area contributed by atoms with Gasteiger partial charge in [-0.1, -0.05) is 12.8 Å². The molecule has 0 bridgehead atoms. The predicted octanol–water partition coefficient (Wildman–Crippen LogP) is 2.09. The first kappa shape index (κ1) is 23.7. The van der Waals surface area contributed by atoms with Crippen LogP contribution in [0, 0.1) is 5.92 Å². The van der Waals surface area contributed by atoms with Crippen molar-refractivity contribution in [2.45, 2.75) is 55.9 Å². The van der Waals surface area contributed by atoms with Gasteiger partial charge in [0.25, 0.3) is 0 Å². The summed E-state index contributed by atoms with van der Waals surface area (Å²) in [4.78, 5) is 15.2. The second-order valence-electron chi connectivity index (χ2n) is 9.20. The molecule has 8 nitrogen and oxygen atoms in total. The summed E-state index contributed by atoms with van der Waals surface area (Å²) in [7, 11) is -6.41. The molecule has 1 atom stereocenters. The maximum absolute atomic E-state index is 12.9. The summed E-state index contributed by atoms with van der Waals surface area (Å²) in [5, 5.41) is 2.92. The van der Waals surface area contributed by atoms with E-state index in [0.717, 1.165) is 38.8 Å². The molecular weight excluding hydrogens is 450 g/mol. The molecule has 10 heteroatoms.